The molecule has 0 amide bonds. The van der Waals surface area contributed by atoms with E-state index in [1.807, 2.05) is 0 Å². The van der Waals surface area contributed by atoms with Crippen LogP contribution in [0.5, 0.6) is 0 Å². The van der Waals surface area contributed by atoms with Crippen LogP contribution < -0.4 is 5.73 Å². The topological polar surface area (TPSA) is 66.5 Å². The van der Waals surface area contributed by atoms with Crippen molar-refractivity contribution < 1.29 is 10.2 Å². The lowest BCUT2D eigenvalue weighted by molar-refractivity contribution is 0.115. The fourth-order valence-electron chi connectivity index (χ4n) is 1.76. The molecule has 0 atom stereocenters. The second kappa shape index (κ2) is 6.74. The predicted octanol–water partition coefficient (Wildman–Crippen LogP) is 1.25. The average molecular weight is 237 g/mol. The molecule has 0 saturated carbocycles. The second-order valence-corrected chi connectivity index (χ2v) is 4.75. The SMILES string of the molecule is CCCc1ccc(CCC(N)(CO)CO)cc1. The monoisotopic (exact) mass is 237 g/mol. The minimum Gasteiger partial charge on any atom is -0.394 e. The summed E-state index contributed by atoms with van der Waals surface area (Å²) in [6, 6.07) is 8.46. The molecule has 17 heavy (non-hydrogen) atoms. The number of aryl methyl sites for hydroxylation is 2. The maximum absolute atomic E-state index is 9.09. The minimum atomic E-state index is -0.859. The maximum atomic E-state index is 9.09. The van der Waals surface area contributed by atoms with Gasteiger partial charge in [0.25, 0.3) is 0 Å². The maximum Gasteiger partial charge on any atom is 0.0633 e. The highest BCUT2D eigenvalue weighted by Gasteiger charge is 2.22. The molecule has 96 valence electrons. The van der Waals surface area contributed by atoms with Gasteiger partial charge in [0.2, 0.25) is 0 Å². The first-order valence-corrected chi connectivity index (χ1v) is 6.22. The molecule has 4 N–H and O–H groups in total. The Bertz CT molecular complexity index is 317. The summed E-state index contributed by atoms with van der Waals surface area (Å²) in [6.07, 6.45) is 3.63. The molecule has 0 bridgehead atoms. The van der Waals surface area contributed by atoms with Crippen molar-refractivity contribution in [2.45, 2.75) is 38.1 Å². The van der Waals surface area contributed by atoms with E-state index in [4.69, 9.17) is 15.9 Å². The van der Waals surface area contributed by atoms with Gasteiger partial charge in [-0.15, -0.1) is 0 Å². The molecule has 0 aliphatic heterocycles. The Labute approximate surface area is 103 Å². The molecule has 0 radical (unpaired) electrons. The summed E-state index contributed by atoms with van der Waals surface area (Å²) in [5.41, 5.74) is 7.51. The van der Waals surface area contributed by atoms with Gasteiger partial charge in [-0.25, -0.2) is 0 Å². The van der Waals surface area contributed by atoms with E-state index in [9.17, 15) is 0 Å². The van der Waals surface area contributed by atoms with Gasteiger partial charge in [0.05, 0.1) is 18.8 Å². The van der Waals surface area contributed by atoms with Crippen LogP contribution in [0, 0.1) is 0 Å². The van der Waals surface area contributed by atoms with Crippen molar-refractivity contribution >= 4 is 0 Å². The summed E-state index contributed by atoms with van der Waals surface area (Å²) < 4.78 is 0. The van der Waals surface area contributed by atoms with Crippen LogP contribution in [0.4, 0.5) is 0 Å². The molecule has 0 fully saturated rings. The van der Waals surface area contributed by atoms with Gasteiger partial charge in [-0.1, -0.05) is 37.6 Å². The molecule has 1 aromatic carbocycles. The molecule has 1 rings (SSSR count). The lowest BCUT2D eigenvalue weighted by Gasteiger charge is -2.24. The number of hydrogen-bond donors (Lipinski definition) is 3. The van der Waals surface area contributed by atoms with Crippen molar-refractivity contribution in [2.75, 3.05) is 13.2 Å². The summed E-state index contributed by atoms with van der Waals surface area (Å²) in [6.45, 7) is 1.80. The average Bonchev–Trinajstić information content (AvgIpc) is 2.38. The molecular weight excluding hydrogens is 214 g/mol. The van der Waals surface area contributed by atoms with Crippen LogP contribution in [0.2, 0.25) is 0 Å². The van der Waals surface area contributed by atoms with Crippen molar-refractivity contribution in [1.29, 1.82) is 0 Å². The van der Waals surface area contributed by atoms with Crippen molar-refractivity contribution in [2.24, 2.45) is 5.73 Å². The molecule has 3 nitrogen and oxygen atoms in total. The van der Waals surface area contributed by atoms with Crippen molar-refractivity contribution in [3.05, 3.63) is 35.4 Å². The second-order valence-electron chi connectivity index (χ2n) is 4.75. The largest absolute Gasteiger partial charge is 0.394 e. The number of aliphatic hydroxyl groups is 2. The Morgan fingerprint density at radius 3 is 1.88 bits per heavy atom. The zero-order chi connectivity index (χ0) is 12.7. The lowest BCUT2D eigenvalue weighted by atomic mass is 9.93. The zero-order valence-corrected chi connectivity index (χ0v) is 10.5. The molecule has 0 heterocycles. The summed E-state index contributed by atoms with van der Waals surface area (Å²) in [4.78, 5) is 0. The third-order valence-corrected chi connectivity index (χ3v) is 3.10. The van der Waals surface area contributed by atoms with Crippen LogP contribution in [0.3, 0.4) is 0 Å². The first-order valence-electron chi connectivity index (χ1n) is 6.22. The molecule has 0 aliphatic carbocycles. The van der Waals surface area contributed by atoms with E-state index in [0.29, 0.717) is 6.42 Å². The first kappa shape index (κ1) is 14.2. The van der Waals surface area contributed by atoms with E-state index >= 15 is 0 Å². The number of nitrogens with two attached hydrogens (primary N) is 1. The molecule has 0 spiro atoms. The van der Waals surface area contributed by atoms with E-state index in [2.05, 4.69) is 31.2 Å². The van der Waals surface area contributed by atoms with Crippen molar-refractivity contribution in [1.82, 2.24) is 0 Å². The molecule has 1 aromatic rings. The number of rotatable bonds is 7. The lowest BCUT2D eigenvalue weighted by Crippen LogP contribution is -2.47. The Morgan fingerprint density at radius 1 is 1.00 bits per heavy atom. The highest BCUT2D eigenvalue weighted by Crippen LogP contribution is 2.13. The van der Waals surface area contributed by atoms with Gasteiger partial charge in [0, 0.05) is 0 Å². The van der Waals surface area contributed by atoms with E-state index in [1.165, 1.54) is 11.1 Å². The van der Waals surface area contributed by atoms with Gasteiger partial charge in [-0.05, 0) is 30.4 Å². The fourth-order valence-corrected chi connectivity index (χ4v) is 1.76. The predicted molar refractivity (Wildman–Crippen MR) is 69.8 cm³/mol. The van der Waals surface area contributed by atoms with E-state index in [1.54, 1.807) is 0 Å². The van der Waals surface area contributed by atoms with Crippen molar-refractivity contribution in [3.8, 4) is 0 Å². The highest BCUT2D eigenvalue weighted by molar-refractivity contribution is 5.23. The van der Waals surface area contributed by atoms with Gasteiger partial charge in [0.15, 0.2) is 0 Å². The van der Waals surface area contributed by atoms with E-state index in [-0.39, 0.29) is 13.2 Å². The third kappa shape index (κ3) is 4.46. The molecule has 0 aromatic heterocycles. The summed E-state index contributed by atoms with van der Waals surface area (Å²) >= 11 is 0. The molecular formula is C14H23NO2. The fraction of sp³-hybridized carbons (Fsp3) is 0.571. The highest BCUT2D eigenvalue weighted by atomic mass is 16.3. The van der Waals surface area contributed by atoms with Gasteiger partial charge < -0.3 is 15.9 Å². The smallest absolute Gasteiger partial charge is 0.0633 e. The van der Waals surface area contributed by atoms with Crippen LogP contribution in [0.1, 0.15) is 30.9 Å². The summed E-state index contributed by atoms with van der Waals surface area (Å²) in [5.74, 6) is 0. The van der Waals surface area contributed by atoms with Gasteiger partial charge in [-0.2, -0.15) is 0 Å². The van der Waals surface area contributed by atoms with Gasteiger partial charge in [-0.3, -0.25) is 0 Å². The zero-order valence-electron chi connectivity index (χ0n) is 10.5. The molecule has 0 unspecified atom stereocenters. The van der Waals surface area contributed by atoms with Crippen LogP contribution in [-0.2, 0) is 12.8 Å². The standard InChI is InChI=1S/C14H23NO2/c1-2-3-12-4-6-13(7-5-12)8-9-14(15,10-16)11-17/h4-7,16-17H,2-3,8-11,15H2,1H3. The number of hydrogen-bond acceptors (Lipinski definition) is 3. The normalized spacial score (nSPS) is 11.8. The Hall–Kier alpha value is -0.900. The number of benzene rings is 1. The van der Waals surface area contributed by atoms with Gasteiger partial charge in [0.1, 0.15) is 0 Å². The summed E-state index contributed by atoms with van der Waals surface area (Å²) in [7, 11) is 0. The quantitative estimate of drug-likeness (QED) is 0.668. The Morgan fingerprint density at radius 2 is 1.47 bits per heavy atom. The number of aliphatic hydroxyl groups excluding tert-OH is 2. The van der Waals surface area contributed by atoms with Crippen molar-refractivity contribution in [3.63, 3.8) is 0 Å². The van der Waals surface area contributed by atoms with E-state index < -0.39 is 5.54 Å². The van der Waals surface area contributed by atoms with Crippen LogP contribution in [-0.4, -0.2) is 29.0 Å². The van der Waals surface area contributed by atoms with Crippen LogP contribution in [0.25, 0.3) is 0 Å². The molecule has 0 aliphatic rings. The Balaban J connectivity index is 2.52. The van der Waals surface area contributed by atoms with Crippen LogP contribution >= 0.6 is 0 Å². The minimum absolute atomic E-state index is 0.183. The summed E-state index contributed by atoms with van der Waals surface area (Å²) in [5, 5.41) is 18.2. The van der Waals surface area contributed by atoms with E-state index in [0.717, 1.165) is 19.3 Å². The molecule has 0 saturated heterocycles. The van der Waals surface area contributed by atoms with Crippen LogP contribution in [0.15, 0.2) is 24.3 Å². The first-order chi connectivity index (χ1) is 8.13. The van der Waals surface area contributed by atoms with Gasteiger partial charge >= 0.3 is 0 Å². The third-order valence-electron chi connectivity index (χ3n) is 3.10. The molecule has 3 heteroatoms. The Kier molecular flexibility index (Phi) is 5.62.